The van der Waals surface area contributed by atoms with E-state index in [4.69, 9.17) is 14.2 Å². The van der Waals surface area contributed by atoms with E-state index in [2.05, 4.69) is 0 Å². The number of carbonyl (C=O) groups excluding carboxylic acids is 6. The molecule has 0 radical (unpaired) electrons. The zero-order valence-electron chi connectivity index (χ0n) is 38.3. The molecule has 12 rings (SSSR count). The largest absolute Gasteiger partial charge is 0.444 e. The van der Waals surface area contributed by atoms with Gasteiger partial charge in [-0.3, -0.25) is 14.4 Å². The molecule has 1 atom stereocenters. The molecule has 5 aromatic carbocycles. The summed E-state index contributed by atoms with van der Waals surface area (Å²) in [4.78, 5) is 85.8. The van der Waals surface area contributed by atoms with E-state index < -0.39 is 70.6 Å². The Morgan fingerprint density at radius 1 is 0.493 bits per heavy atom. The smallest absolute Gasteiger partial charge is 0.419 e. The van der Waals surface area contributed by atoms with Crippen LogP contribution in [0.5, 0.6) is 0 Å². The number of thiophene rings is 2. The molecule has 0 amide bonds. The summed E-state index contributed by atoms with van der Waals surface area (Å²) in [6.07, 6.45) is -2.43. The van der Waals surface area contributed by atoms with Gasteiger partial charge in [0.25, 0.3) is 0 Å². The maximum Gasteiger partial charge on any atom is 0.419 e. The van der Waals surface area contributed by atoms with Gasteiger partial charge in [-0.05, 0) is 70.8 Å². The van der Waals surface area contributed by atoms with Crippen LogP contribution in [0.25, 0.3) is 53.0 Å². The van der Waals surface area contributed by atoms with Crippen molar-refractivity contribution in [3.05, 3.63) is 212 Å². The van der Waals surface area contributed by atoms with E-state index in [9.17, 15) is 46.6 Å². The van der Waals surface area contributed by atoms with Crippen molar-refractivity contribution in [3.8, 4) is 0 Å². The Balaban J connectivity index is 1.10. The van der Waals surface area contributed by atoms with E-state index >= 15 is 4.79 Å². The highest BCUT2D eigenvalue weighted by atomic mass is 32.1. The second kappa shape index (κ2) is 18.2. The molecule has 5 heterocycles. The van der Waals surface area contributed by atoms with E-state index in [1.54, 1.807) is 91.0 Å². The molecule has 0 saturated carbocycles. The highest BCUT2D eigenvalue weighted by molar-refractivity contribution is 7.33. The Labute approximate surface area is 426 Å². The molecule has 1 N–H and O–H groups in total. The molecule has 5 aromatic heterocycles. The molecule has 370 valence electrons. The molecule has 0 fully saturated rings. The standard InChI is InChI=1S/C56H31F4N3O10S2/c57-38-20-32-33(21-39(38)58)49(65)36(48(32)64)16-30-18-42-44(61(30)54(68)71-24-27-10-4-1-5-11-27)46-52(74-42)53-47(63(46)56(70)73-26-29-14-8-3-9-15-29)45-43(75-53)19-31(62(45)55(69)72-25-28-12-6-2-7-13-28)17-37-50(66)34-22-40(59)41(60)23-35(34)51(37)67/h1-23,48,64H,24-26H2/b36-16+. The van der Waals surface area contributed by atoms with E-state index in [-0.39, 0.29) is 81.1 Å². The van der Waals surface area contributed by atoms with Crippen LogP contribution in [0.1, 0.15) is 70.8 Å². The SMILES string of the molecule is O=C1C(=Cc2cc3sc4c5sc6cc(/C=C7/C(=O)c8cc(F)c(F)cc8C7O)n(C(=O)OCc7ccccc7)c6c5n(C(=O)OCc5ccccc5)c4c3n2C(=O)OCc2ccccc2)C(=O)c2cc(F)c(F)cc21. The number of ether oxygens (including phenoxy) is 3. The highest BCUT2D eigenvalue weighted by Gasteiger charge is 2.39. The van der Waals surface area contributed by atoms with Crippen LogP contribution in [0, 0.1) is 23.3 Å². The van der Waals surface area contributed by atoms with Crippen molar-refractivity contribution < 1.29 is 65.6 Å². The summed E-state index contributed by atoms with van der Waals surface area (Å²) in [7, 11) is 0. The van der Waals surface area contributed by atoms with Gasteiger partial charge < -0.3 is 19.3 Å². The number of fused-ring (bicyclic) bond motifs is 9. The van der Waals surface area contributed by atoms with Gasteiger partial charge in [-0.1, -0.05) is 91.0 Å². The lowest BCUT2D eigenvalue weighted by Gasteiger charge is -2.12. The second-order valence-corrected chi connectivity index (χ2v) is 19.6. The van der Waals surface area contributed by atoms with Gasteiger partial charge in [-0.2, -0.15) is 0 Å². The average molecular weight is 1050 g/mol. The predicted octanol–water partition coefficient (Wildman–Crippen LogP) is 12.7. The lowest BCUT2D eigenvalue weighted by Crippen LogP contribution is -2.18. The van der Waals surface area contributed by atoms with Gasteiger partial charge >= 0.3 is 18.3 Å². The van der Waals surface area contributed by atoms with Crippen molar-refractivity contribution in [2.75, 3.05) is 0 Å². The highest BCUT2D eigenvalue weighted by Crippen LogP contribution is 2.50. The first-order valence-corrected chi connectivity index (χ1v) is 24.4. The number of Topliss-reactive ketones (excluding diaryl/α,β-unsaturated/α-hetero) is 3. The molecule has 75 heavy (non-hydrogen) atoms. The van der Waals surface area contributed by atoms with Crippen LogP contribution in [-0.4, -0.2) is 54.4 Å². The van der Waals surface area contributed by atoms with Crippen LogP contribution < -0.4 is 0 Å². The zero-order valence-corrected chi connectivity index (χ0v) is 39.9. The Morgan fingerprint density at radius 3 is 1.32 bits per heavy atom. The Morgan fingerprint density at radius 2 is 0.880 bits per heavy atom. The summed E-state index contributed by atoms with van der Waals surface area (Å²) in [5.74, 6) is -7.97. The number of halogens is 4. The van der Waals surface area contributed by atoms with Gasteiger partial charge in [0.2, 0.25) is 0 Å². The third kappa shape index (κ3) is 7.78. The van der Waals surface area contributed by atoms with Crippen LogP contribution in [0.2, 0.25) is 0 Å². The average Bonchev–Trinajstić information content (AvgIpc) is 4.37. The molecule has 19 heteroatoms. The first-order valence-electron chi connectivity index (χ1n) is 22.8. The first kappa shape index (κ1) is 47.0. The summed E-state index contributed by atoms with van der Waals surface area (Å²) in [5.41, 5.74) is -0.0916. The number of aliphatic hydroxyl groups excluding tert-OH is 1. The number of aromatic nitrogens is 3. The Hall–Kier alpha value is -9.04. The van der Waals surface area contributed by atoms with Crippen molar-refractivity contribution in [2.24, 2.45) is 0 Å². The molecule has 0 aliphatic heterocycles. The number of aliphatic hydroxyl groups is 1. The quantitative estimate of drug-likeness (QED) is 0.0670. The number of allylic oxidation sites excluding steroid dienone is 1. The third-order valence-corrected chi connectivity index (χ3v) is 15.3. The van der Waals surface area contributed by atoms with Gasteiger partial charge in [-0.15, -0.1) is 22.7 Å². The van der Waals surface area contributed by atoms with Crippen LogP contribution in [-0.2, 0) is 34.0 Å². The van der Waals surface area contributed by atoms with E-state index in [0.29, 0.717) is 53.7 Å². The Kier molecular flexibility index (Phi) is 11.4. The van der Waals surface area contributed by atoms with Gasteiger partial charge in [0.1, 0.15) is 25.9 Å². The number of carbonyl (C=O) groups is 6. The van der Waals surface area contributed by atoms with Crippen molar-refractivity contribution in [1.82, 2.24) is 13.7 Å². The van der Waals surface area contributed by atoms with E-state index in [0.717, 1.165) is 44.0 Å². The van der Waals surface area contributed by atoms with Crippen LogP contribution in [0.4, 0.5) is 31.9 Å². The molecular formula is C56H31F4N3O10S2. The normalized spacial score (nSPS) is 14.7. The first-order chi connectivity index (χ1) is 36.2. The fraction of sp³-hybridized carbons (Fsp3) is 0.0714. The number of rotatable bonds is 8. The minimum atomic E-state index is -1.73. The van der Waals surface area contributed by atoms with Crippen molar-refractivity contribution in [2.45, 2.75) is 25.9 Å². The van der Waals surface area contributed by atoms with Crippen LogP contribution >= 0.6 is 22.7 Å². The number of hydrogen-bond acceptors (Lipinski definition) is 12. The molecule has 2 aliphatic rings. The fourth-order valence-electron chi connectivity index (χ4n) is 9.45. The molecule has 2 aliphatic carbocycles. The maximum absolute atomic E-state index is 15.1. The number of hydrogen-bond donors (Lipinski definition) is 1. The fourth-order valence-corrected chi connectivity index (χ4v) is 12.0. The lowest BCUT2D eigenvalue weighted by atomic mass is 10.1. The Bertz CT molecular complexity index is 4160. The van der Waals surface area contributed by atoms with Crippen LogP contribution in [0.3, 0.4) is 0 Å². The van der Waals surface area contributed by atoms with Crippen molar-refractivity contribution >= 4 is 111 Å². The van der Waals surface area contributed by atoms with Gasteiger partial charge in [-0.25, -0.2) is 45.6 Å². The molecule has 10 aromatic rings. The summed E-state index contributed by atoms with van der Waals surface area (Å²) in [6, 6.07) is 31.8. The van der Waals surface area contributed by atoms with Gasteiger partial charge in [0, 0.05) is 22.3 Å². The van der Waals surface area contributed by atoms with Gasteiger partial charge in [0.05, 0.1) is 57.8 Å². The molecule has 1 unspecified atom stereocenters. The lowest BCUT2D eigenvalue weighted by molar-refractivity contribution is 0.0985. The minimum Gasteiger partial charge on any atom is -0.444 e. The molecule has 0 bridgehead atoms. The summed E-state index contributed by atoms with van der Waals surface area (Å²) < 4.78 is 80.4. The summed E-state index contributed by atoms with van der Waals surface area (Å²) in [6.45, 7) is -0.728. The maximum atomic E-state index is 15.1. The molecule has 0 saturated heterocycles. The van der Waals surface area contributed by atoms with E-state index in [1.165, 1.54) is 22.8 Å². The third-order valence-electron chi connectivity index (χ3n) is 12.9. The number of nitrogens with zero attached hydrogens (tertiary/aromatic N) is 3. The monoisotopic (exact) mass is 1050 g/mol. The van der Waals surface area contributed by atoms with Crippen molar-refractivity contribution in [1.29, 1.82) is 0 Å². The number of benzene rings is 5. The molecular weight excluding hydrogens is 1010 g/mol. The predicted molar refractivity (Wildman–Crippen MR) is 269 cm³/mol. The topological polar surface area (TPSA) is 165 Å². The minimum absolute atomic E-state index is 0.0281. The summed E-state index contributed by atoms with van der Waals surface area (Å²) in [5, 5.41) is 11.4. The molecule has 13 nitrogen and oxygen atoms in total. The zero-order chi connectivity index (χ0) is 52.0. The second-order valence-electron chi connectivity index (χ2n) is 17.5. The van der Waals surface area contributed by atoms with Crippen molar-refractivity contribution in [3.63, 3.8) is 0 Å². The van der Waals surface area contributed by atoms with E-state index in [1.807, 2.05) is 0 Å². The molecule has 0 spiro atoms. The van der Waals surface area contributed by atoms with Crippen LogP contribution in [0.15, 0.2) is 139 Å². The van der Waals surface area contributed by atoms with Gasteiger partial charge in [0.15, 0.2) is 40.6 Å². The summed E-state index contributed by atoms with van der Waals surface area (Å²) >= 11 is 2.22. The number of ketones is 3.